The molecule has 10 heteroatoms. The fourth-order valence-electron chi connectivity index (χ4n) is 2.67. The Kier molecular flexibility index (Phi) is 5.38. The number of thiazole rings is 1. The minimum Gasteiger partial charge on any atom is -0.321 e. The molecular weight excluding hydrogens is 407 g/mol. The number of hydrogen-bond donors (Lipinski definition) is 1. The van der Waals surface area contributed by atoms with Crippen LogP contribution >= 0.6 is 11.3 Å². The minimum absolute atomic E-state index is 0.116. The van der Waals surface area contributed by atoms with Crippen molar-refractivity contribution >= 4 is 28.6 Å². The van der Waals surface area contributed by atoms with Gasteiger partial charge in [0.2, 0.25) is 0 Å². The molecular formula is C19H14F3N3O3S. The third-order valence-corrected chi connectivity index (χ3v) is 5.42. The number of hydrogen-bond acceptors (Lipinski definition) is 5. The highest BCUT2D eigenvalue weighted by Gasteiger charge is 2.30. The third-order valence-electron chi connectivity index (χ3n) is 4.21. The highest BCUT2D eigenvalue weighted by Crippen LogP contribution is 2.33. The Morgan fingerprint density at radius 3 is 2.38 bits per heavy atom. The minimum atomic E-state index is -4.43. The zero-order valence-electron chi connectivity index (χ0n) is 15.2. The Balaban J connectivity index is 1.86. The summed E-state index contributed by atoms with van der Waals surface area (Å²) in [5.74, 6) is -0.498. The van der Waals surface area contributed by atoms with Crippen LogP contribution in [0.25, 0.3) is 10.6 Å². The fourth-order valence-corrected chi connectivity index (χ4v) is 3.64. The van der Waals surface area contributed by atoms with Crippen molar-refractivity contribution in [1.29, 1.82) is 0 Å². The summed E-state index contributed by atoms with van der Waals surface area (Å²) in [6.07, 6.45) is -4.43. The SMILES string of the molecule is Cc1nc(-c2ccc(C(F)(F)F)cc2)sc1C(=O)Nc1cccc([N+](=O)[O-])c1C. The second-order valence-electron chi connectivity index (χ2n) is 6.17. The van der Waals surface area contributed by atoms with E-state index in [1.807, 2.05) is 0 Å². The van der Waals surface area contributed by atoms with Crippen LogP contribution in [0.1, 0.15) is 26.5 Å². The van der Waals surface area contributed by atoms with Crippen molar-refractivity contribution in [3.05, 3.63) is 74.3 Å². The number of halogens is 3. The molecule has 0 aliphatic rings. The molecule has 1 amide bonds. The van der Waals surface area contributed by atoms with Gasteiger partial charge in [0.05, 0.1) is 27.4 Å². The largest absolute Gasteiger partial charge is 0.416 e. The molecule has 0 bridgehead atoms. The highest BCUT2D eigenvalue weighted by molar-refractivity contribution is 7.17. The van der Waals surface area contributed by atoms with Crippen molar-refractivity contribution in [2.75, 3.05) is 5.32 Å². The molecule has 150 valence electrons. The van der Waals surface area contributed by atoms with Crippen molar-refractivity contribution in [3.8, 4) is 10.6 Å². The Morgan fingerprint density at radius 2 is 1.79 bits per heavy atom. The molecule has 0 aliphatic carbocycles. The van der Waals surface area contributed by atoms with E-state index < -0.39 is 22.6 Å². The number of aryl methyl sites for hydroxylation is 1. The lowest BCUT2D eigenvalue weighted by atomic mass is 10.1. The van der Waals surface area contributed by atoms with Gasteiger partial charge < -0.3 is 5.32 Å². The van der Waals surface area contributed by atoms with Gasteiger partial charge in [-0.05, 0) is 32.0 Å². The second-order valence-corrected chi connectivity index (χ2v) is 7.17. The number of carbonyl (C=O) groups is 1. The lowest BCUT2D eigenvalue weighted by Crippen LogP contribution is -2.13. The van der Waals surface area contributed by atoms with Gasteiger partial charge in [-0.2, -0.15) is 13.2 Å². The molecule has 0 unspecified atom stereocenters. The monoisotopic (exact) mass is 421 g/mol. The van der Waals surface area contributed by atoms with E-state index in [1.54, 1.807) is 13.0 Å². The molecule has 3 rings (SSSR count). The third kappa shape index (κ3) is 4.27. The van der Waals surface area contributed by atoms with Crippen molar-refractivity contribution in [3.63, 3.8) is 0 Å². The number of nitro benzene ring substituents is 1. The number of amides is 1. The molecule has 0 spiro atoms. The molecule has 3 aromatic rings. The maximum absolute atomic E-state index is 12.7. The number of nitro groups is 1. The quantitative estimate of drug-likeness (QED) is 0.439. The van der Waals surface area contributed by atoms with Crippen LogP contribution in [0.2, 0.25) is 0 Å². The number of anilines is 1. The summed E-state index contributed by atoms with van der Waals surface area (Å²) in [6, 6.07) is 8.87. The molecule has 0 radical (unpaired) electrons. The number of nitrogens with one attached hydrogen (secondary N) is 1. The summed E-state index contributed by atoms with van der Waals surface area (Å²) in [7, 11) is 0. The van der Waals surface area contributed by atoms with Gasteiger partial charge in [0, 0.05) is 11.6 Å². The van der Waals surface area contributed by atoms with E-state index in [4.69, 9.17) is 0 Å². The summed E-state index contributed by atoms with van der Waals surface area (Å²) in [6.45, 7) is 3.14. The molecule has 29 heavy (non-hydrogen) atoms. The molecule has 1 N–H and O–H groups in total. The number of alkyl halides is 3. The molecule has 0 fully saturated rings. The van der Waals surface area contributed by atoms with Crippen LogP contribution in [0.3, 0.4) is 0 Å². The summed E-state index contributed by atoms with van der Waals surface area (Å²) in [5, 5.41) is 14.1. The number of aromatic nitrogens is 1. The number of carbonyl (C=O) groups excluding carboxylic acids is 1. The lowest BCUT2D eigenvalue weighted by Gasteiger charge is -2.07. The molecule has 6 nitrogen and oxygen atoms in total. The Hall–Kier alpha value is -3.27. The van der Waals surface area contributed by atoms with Crippen molar-refractivity contribution in [1.82, 2.24) is 4.98 Å². The summed E-state index contributed by atoms with van der Waals surface area (Å²) < 4.78 is 38.1. The highest BCUT2D eigenvalue weighted by atomic mass is 32.1. The standard InChI is InChI=1S/C19H14F3N3O3S/c1-10-14(4-3-5-15(10)25(27)28)24-17(26)16-11(2)23-18(29-16)12-6-8-13(9-7-12)19(20,21)22/h3-9H,1-2H3,(H,24,26). The van der Waals surface area contributed by atoms with Crippen LogP contribution in [0.4, 0.5) is 24.5 Å². The van der Waals surface area contributed by atoms with Gasteiger partial charge in [-0.1, -0.05) is 18.2 Å². The summed E-state index contributed by atoms with van der Waals surface area (Å²) in [5.41, 5.74) is 0.592. The van der Waals surface area contributed by atoms with Crippen LogP contribution in [0.5, 0.6) is 0 Å². The maximum atomic E-state index is 12.7. The van der Waals surface area contributed by atoms with Crippen LogP contribution in [0, 0.1) is 24.0 Å². The first-order chi connectivity index (χ1) is 13.6. The fraction of sp³-hybridized carbons (Fsp3) is 0.158. The van der Waals surface area contributed by atoms with Crippen LogP contribution in [-0.2, 0) is 6.18 Å². The molecule has 0 saturated carbocycles. The number of benzene rings is 2. The predicted octanol–water partition coefficient (Wildman–Crippen LogP) is 5.61. The van der Waals surface area contributed by atoms with Crippen LogP contribution in [-0.4, -0.2) is 15.8 Å². The Bertz CT molecular complexity index is 1090. The number of nitrogens with zero attached hydrogens (tertiary/aromatic N) is 2. The molecule has 1 heterocycles. The van der Waals surface area contributed by atoms with E-state index in [2.05, 4.69) is 10.3 Å². The van der Waals surface area contributed by atoms with Gasteiger partial charge >= 0.3 is 6.18 Å². The van der Waals surface area contributed by atoms with E-state index in [0.29, 0.717) is 27.5 Å². The van der Waals surface area contributed by atoms with Gasteiger partial charge in [-0.3, -0.25) is 14.9 Å². The Labute approximate surface area is 167 Å². The topological polar surface area (TPSA) is 85.1 Å². The molecule has 0 saturated heterocycles. The van der Waals surface area contributed by atoms with Gasteiger partial charge in [-0.25, -0.2) is 4.98 Å². The van der Waals surface area contributed by atoms with Crippen LogP contribution < -0.4 is 5.32 Å². The average Bonchev–Trinajstić information content (AvgIpc) is 3.04. The van der Waals surface area contributed by atoms with Gasteiger partial charge in [-0.15, -0.1) is 11.3 Å². The normalized spacial score (nSPS) is 11.3. The van der Waals surface area contributed by atoms with E-state index in [0.717, 1.165) is 23.5 Å². The predicted molar refractivity (Wildman–Crippen MR) is 103 cm³/mol. The van der Waals surface area contributed by atoms with Crippen molar-refractivity contribution in [2.24, 2.45) is 0 Å². The summed E-state index contributed by atoms with van der Waals surface area (Å²) >= 11 is 1.03. The first-order valence-electron chi connectivity index (χ1n) is 8.28. The van der Waals surface area contributed by atoms with E-state index in [1.165, 1.54) is 31.2 Å². The van der Waals surface area contributed by atoms with Crippen molar-refractivity contribution < 1.29 is 22.9 Å². The van der Waals surface area contributed by atoms with E-state index in [9.17, 15) is 28.1 Å². The first-order valence-corrected chi connectivity index (χ1v) is 9.10. The van der Waals surface area contributed by atoms with E-state index in [-0.39, 0.29) is 10.6 Å². The van der Waals surface area contributed by atoms with E-state index >= 15 is 0 Å². The maximum Gasteiger partial charge on any atom is 0.416 e. The van der Waals surface area contributed by atoms with Gasteiger partial charge in [0.15, 0.2) is 0 Å². The molecule has 0 aliphatic heterocycles. The molecule has 1 aromatic heterocycles. The summed E-state index contributed by atoms with van der Waals surface area (Å²) in [4.78, 5) is 27.7. The lowest BCUT2D eigenvalue weighted by molar-refractivity contribution is -0.385. The van der Waals surface area contributed by atoms with Crippen LogP contribution in [0.15, 0.2) is 42.5 Å². The Morgan fingerprint density at radius 1 is 1.14 bits per heavy atom. The second kappa shape index (κ2) is 7.63. The molecule has 2 aromatic carbocycles. The smallest absolute Gasteiger partial charge is 0.321 e. The zero-order valence-corrected chi connectivity index (χ0v) is 16.0. The number of rotatable bonds is 4. The molecule has 0 atom stereocenters. The first kappa shape index (κ1) is 20.5. The van der Waals surface area contributed by atoms with Gasteiger partial charge in [0.1, 0.15) is 9.88 Å². The zero-order chi connectivity index (χ0) is 21.3. The van der Waals surface area contributed by atoms with Crippen molar-refractivity contribution in [2.45, 2.75) is 20.0 Å². The van der Waals surface area contributed by atoms with Gasteiger partial charge in [0.25, 0.3) is 11.6 Å². The average molecular weight is 421 g/mol.